The smallest absolute Gasteiger partial charge is 0.340 e. The molecule has 3 aromatic rings. The molecule has 6 heteroatoms. The fraction of sp³-hybridized carbons (Fsp3) is 0.238. The van der Waals surface area contributed by atoms with E-state index >= 15 is 0 Å². The maximum Gasteiger partial charge on any atom is 0.340 e. The van der Waals surface area contributed by atoms with Crippen molar-refractivity contribution in [3.63, 3.8) is 0 Å². The number of aromatic hydroxyl groups is 1. The third kappa shape index (κ3) is 3.24. The zero-order valence-corrected chi connectivity index (χ0v) is 15.9. The molecule has 0 atom stereocenters. The first-order valence-electron chi connectivity index (χ1n) is 8.79. The Morgan fingerprint density at radius 2 is 1.85 bits per heavy atom. The molecule has 1 aromatic heterocycles. The molecule has 1 aliphatic rings. The SMILES string of the molecule is O=C(O)c1c(O)c(Cc2ccc(Cl)c(Cl)c2)nc2c3c(ccc12)CCCC3. The molecule has 2 N–H and O–H groups in total. The van der Waals surface area contributed by atoms with E-state index in [2.05, 4.69) is 4.98 Å². The van der Waals surface area contributed by atoms with E-state index in [9.17, 15) is 15.0 Å². The summed E-state index contributed by atoms with van der Waals surface area (Å²) < 4.78 is 0. The highest BCUT2D eigenvalue weighted by Gasteiger charge is 2.23. The minimum absolute atomic E-state index is 0.0940. The molecule has 0 bridgehead atoms. The van der Waals surface area contributed by atoms with Crippen molar-refractivity contribution >= 4 is 40.1 Å². The summed E-state index contributed by atoms with van der Waals surface area (Å²) in [5.74, 6) is -1.46. The molecule has 0 unspecified atom stereocenters. The van der Waals surface area contributed by atoms with Crippen molar-refractivity contribution in [2.24, 2.45) is 0 Å². The van der Waals surface area contributed by atoms with Crippen LogP contribution in [0, 0.1) is 0 Å². The summed E-state index contributed by atoms with van der Waals surface area (Å²) in [5.41, 5.74) is 4.02. The van der Waals surface area contributed by atoms with Gasteiger partial charge in [-0.2, -0.15) is 0 Å². The van der Waals surface area contributed by atoms with E-state index < -0.39 is 5.97 Å². The fourth-order valence-electron chi connectivity index (χ4n) is 3.78. The molecule has 0 radical (unpaired) electrons. The molecule has 0 aliphatic heterocycles. The largest absolute Gasteiger partial charge is 0.505 e. The van der Waals surface area contributed by atoms with Gasteiger partial charge in [-0.05, 0) is 54.5 Å². The number of halogens is 2. The molecule has 1 heterocycles. The van der Waals surface area contributed by atoms with Crippen LogP contribution in [0.2, 0.25) is 10.0 Å². The Morgan fingerprint density at radius 1 is 1.07 bits per heavy atom. The van der Waals surface area contributed by atoms with Crippen LogP contribution in [0.4, 0.5) is 0 Å². The normalized spacial score (nSPS) is 13.6. The van der Waals surface area contributed by atoms with Crippen LogP contribution in [0.25, 0.3) is 10.9 Å². The number of benzene rings is 2. The van der Waals surface area contributed by atoms with Crippen LogP contribution in [0.1, 0.15) is 45.6 Å². The molecule has 0 saturated carbocycles. The summed E-state index contributed by atoms with van der Waals surface area (Å²) in [4.78, 5) is 16.6. The van der Waals surface area contributed by atoms with Crippen molar-refractivity contribution in [3.05, 3.63) is 68.3 Å². The second-order valence-electron chi connectivity index (χ2n) is 6.82. The second-order valence-corrected chi connectivity index (χ2v) is 7.63. The minimum Gasteiger partial charge on any atom is -0.505 e. The highest BCUT2D eigenvalue weighted by molar-refractivity contribution is 6.42. The van der Waals surface area contributed by atoms with Crippen molar-refractivity contribution in [3.8, 4) is 5.75 Å². The van der Waals surface area contributed by atoms with Crippen molar-refractivity contribution in [1.29, 1.82) is 0 Å². The molecule has 0 saturated heterocycles. The van der Waals surface area contributed by atoms with E-state index in [0.29, 0.717) is 26.6 Å². The van der Waals surface area contributed by atoms with Gasteiger partial charge in [0, 0.05) is 11.8 Å². The average molecular weight is 402 g/mol. The Labute approximate surface area is 166 Å². The van der Waals surface area contributed by atoms with Crippen LogP contribution in [0.5, 0.6) is 5.75 Å². The number of carboxylic acid groups (broad SMARTS) is 1. The quantitative estimate of drug-likeness (QED) is 0.614. The predicted octanol–water partition coefficient (Wildman–Crippen LogP) is 5.42. The first kappa shape index (κ1) is 18.1. The summed E-state index contributed by atoms with van der Waals surface area (Å²) in [6.45, 7) is 0. The Hall–Kier alpha value is -2.30. The summed E-state index contributed by atoms with van der Waals surface area (Å²) in [6.07, 6.45) is 4.29. The molecule has 4 rings (SSSR count). The minimum atomic E-state index is -1.16. The average Bonchev–Trinajstić information content (AvgIpc) is 2.65. The fourth-order valence-corrected chi connectivity index (χ4v) is 4.10. The van der Waals surface area contributed by atoms with Gasteiger partial charge in [0.05, 0.1) is 21.3 Å². The van der Waals surface area contributed by atoms with Crippen LogP contribution in [-0.4, -0.2) is 21.2 Å². The molecule has 138 valence electrons. The number of aryl methyl sites for hydroxylation is 2. The van der Waals surface area contributed by atoms with Crippen LogP contribution in [0.3, 0.4) is 0 Å². The monoisotopic (exact) mass is 401 g/mol. The summed E-state index contributed by atoms with van der Waals surface area (Å²) >= 11 is 12.0. The lowest BCUT2D eigenvalue weighted by atomic mass is 9.88. The molecule has 0 spiro atoms. The van der Waals surface area contributed by atoms with E-state index in [1.54, 1.807) is 24.3 Å². The third-order valence-electron chi connectivity index (χ3n) is 5.10. The maximum atomic E-state index is 11.9. The number of fused-ring (bicyclic) bond motifs is 3. The van der Waals surface area contributed by atoms with Crippen molar-refractivity contribution in [1.82, 2.24) is 4.98 Å². The lowest BCUT2D eigenvalue weighted by Gasteiger charge is -2.19. The Morgan fingerprint density at radius 3 is 2.59 bits per heavy atom. The van der Waals surface area contributed by atoms with Crippen molar-refractivity contribution in [2.75, 3.05) is 0 Å². The van der Waals surface area contributed by atoms with Gasteiger partial charge in [-0.15, -0.1) is 0 Å². The molecule has 2 aromatic carbocycles. The maximum absolute atomic E-state index is 11.9. The van der Waals surface area contributed by atoms with Gasteiger partial charge in [-0.1, -0.05) is 41.4 Å². The number of hydrogen-bond acceptors (Lipinski definition) is 3. The van der Waals surface area contributed by atoms with Gasteiger partial charge in [0.1, 0.15) is 5.56 Å². The number of hydrogen-bond donors (Lipinski definition) is 2. The summed E-state index contributed by atoms with van der Waals surface area (Å²) in [7, 11) is 0. The third-order valence-corrected chi connectivity index (χ3v) is 5.84. The summed E-state index contributed by atoms with van der Waals surface area (Å²) in [5, 5.41) is 21.7. The molecule has 0 amide bonds. The molecule has 0 fully saturated rings. The molecule has 27 heavy (non-hydrogen) atoms. The van der Waals surface area contributed by atoms with Crippen molar-refractivity contribution in [2.45, 2.75) is 32.1 Å². The predicted molar refractivity (Wildman–Crippen MR) is 106 cm³/mol. The number of nitrogens with zero attached hydrogens (tertiary/aromatic N) is 1. The summed E-state index contributed by atoms with van der Waals surface area (Å²) in [6, 6.07) is 8.90. The Balaban J connectivity index is 1.93. The van der Waals surface area contributed by atoms with E-state index in [4.69, 9.17) is 23.2 Å². The first-order chi connectivity index (χ1) is 13.0. The van der Waals surface area contributed by atoms with E-state index in [1.807, 2.05) is 6.07 Å². The zero-order valence-electron chi connectivity index (χ0n) is 14.4. The highest BCUT2D eigenvalue weighted by Crippen LogP contribution is 2.36. The van der Waals surface area contributed by atoms with E-state index in [-0.39, 0.29) is 17.7 Å². The molecule has 1 aliphatic carbocycles. The van der Waals surface area contributed by atoms with Crippen LogP contribution in [-0.2, 0) is 19.3 Å². The van der Waals surface area contributed by atoms with Crippen LogP contribution >= 0.6 is 23.2 Å². The first-order valence-corrected chi connectivity index (χ1v) is 9.55. The van der Waals surface area contributed by atoms with E-state index in [0.717, 1.165) is 36.8 Å². The van der Waals surface area contributed by atoms with Gasteiger partial charge in [0.15, 0.2) is 5.75 Å². The van der Waals surface area contributed by atoms with Gasteiger partial charge >= 0.3 is 5.97 Å². The number of pyridine rings is 1. The lowest BCUT2D eigenvalue weighted by Crippen LogP contribution is -2.09. The molecule has 4 nitrogen and oxygen atoms in total. The number of aromatic nitrogens is 1. The van der Waals surface area contributed by atoms with Crippen molar-refractivity contribution < 1.29 is 15.0 Å². The van der Waals surface area contributed by atoms with Gasteiger partial charge in [0.2, 0.25) is 0 Å². The molecular weight excluding hydrogens is 385 g/mol. The lowest BCUT2D eigenvalue weighted by molar-refractivity contribution is 0.0695. The number of aromatic carboxylic acids is 1. The zero-order chi connectivity index (χ0) is 19.1. The van der Waals surface area contributed by atoms with Gasteiger partial charge in [0.25, 0.3) is 0 Å². The van der Waals surface area contributed by atoms with Crippen LogP contribution < -0.4 is 0 Å². The number of rotatable bonds is 3. The number of carboxylic acids is 1. The Kier molecular flexibility index (Phi) is 4.70. The molecular formula is C21H17Cl2NO3. The van der Waals surface area contributed by atoms with Gasteiger partial charge in [-0.3, -0.25) is 0 Å². The second kappa shape index (κ2) is 7.02. The standard InChI is InChI=1S/C21H17Cl2NO3/c22-15-8-5-11(9-16(15)23)10-17-20(25)18(21(26)27)14-7-6-12-3-1-2-4-13(12)19(14)24-17/h5-9,25H,1-4,10H2,(H,26,27). The number of carbonyl (C=O) groups is 1. The van der Waals surface area contributed by atoms with Crippen LogP contribution in [0.15, 0.2) is 30.3 Å². The highest BCUT2D eigenvalue weighted by atomic mass is 35.5. The van der Waals surface area contributed by atoms with Gasteiger partial charge in [-0.25, -0.2) is 9.78 Å². The topological polar surface area (TPSA) is 70.4 Å². The Bertz CT molecular complexity index is 1080. The van der Waals surface area contributed by atoms with Gasteiger partial charge < -0.3 is 10.2 Å². The van der Waals surface area contributed by atoms with E-state index in [1.165, 1.54) is 5.56 Å².